The first-order valence-electron chi connectivity index (χ1n) is 2.74. The summed E-state index contributed by atoms with van der Waals surface area (Å²) in [6.45, 7) is 4.19. The SMILES string of the molecule is Cc1c[c]ccc1C.Cl. The Hall–Kier alpha value is -0.490. The fourth-order valence-corrected chi connectivity index (χ4v) is 0.592. The van der Waals surface area contributed by atoms with Gasteiger partial charge in [0.1, 0.15) is 0 Å². The Bertz CT molecular complexity index is 161. The quantitative estimate of drug-likeness (QED) is 0.521. The van der Waals surface area contributed by atoms with Crippen LogP contribution >= 0.6 is 12.4 Å². The van der Waals surface area contributed by atoms with Crippen LogP contribution in [0.4, 0.5) is 0 Å². The maximum atomic E-state index is 3.00. The lowest BCUT2D eigenvalue weighted by atomic mass is 10.1. The van der Waals surface area contributed by atoms with E-state index in [9.17, 15) is 0 Å². The van der Waals surface area contributed by atoms with Gasteiger partial charge in [-0.25, -0.2) is 0 Å². The number of rotatable bonds is 0. The zero-order valence-corrected chi connectivity index (χ0v) is 6.46. The molecule has 0 aromatic heterocycles. The molecule has 0 heterocycles. The van der Waals surface area contributed by atoms with Crippen LogP contribution < -0.4 is 0 Å². The van der Waals surface area contributed by atoms with E-state index in [1.165, 1.54) is 11.1 Å². The van der Waals surface area contributed by atoms with Crippen LogP contribution in [0.2, 0.25) is 0 Å². The molecule has 0 aliphatic heterocycles. The highest BCUT2D eigenvalue weighted by molar-refractivity contribution is 5.85. The Morgan fingerprint density at radius 1 is 1.22 bits per heavy atom. The van der Waals surface area contributed by atoms with Gasteiger partial charge in [-0.1, -0.05) is 18.2 Å². The molecular formula is C8H10Cl. The van der Waals surface area contributed by atoms with Crippen LogP contribution in [0.5, 0.6) is 0 Å². The van der Waals surface area contributed by atoms with Crippen LogP contribution in [-0.4, -0.2) is 0 Å². The first-order chi connectivity index (χ1) is 3.80. The lowest BCUT2D eigenvalue weighted by molar-refractivity contribution is 1.34. The van der Waals surface area contributed by atoms with Gasteiger partial charge in [-0.3, -0.25) is 0 Å². The summed E-state index contributed by atoms with van der Waals surface area (Å²) in [5, 5.41) is 0. The lowest BCUT2D eigenvalue weighted by Crippen LogP contribution is -1.75. The van der Waals surface area contributed by atoms with Crippen molar-refractivity contribution in [2.24, 2.45) is 0 Å². The molecule has 1 aromatic rings. The van der Waals surface area contributed by atoms with E-state index in [1.54, 1.807) is 0 Å². The van der Waals surface area contributed by atoms with Crippen molar-refractivity contribution < 1.29 is 0 Å². The fraction of sp³-hybridized carbons (Fsp3) is 0.250. The van der Waals surface area contributed by atoms with Crippen molar-refractivity contribution in [1.29, 1.82) is 0 Å². The molecule has 0 N–H and O–H groups in total. The largest absolute Gasteiger partial charge is 0.147 e. The zero-order valence-electron chi connectivity index (χ0n) is 5.64. The molecule has 0 saturated heterocycles. The van der Waals surface area contributed by atoms with E-state index in [1.807, 2.05) is 12.1 Å². The maximum absolute atomic E-state index is 3.00. The molecule has 0 atom stereocenters. The van der Waals surface area contributed by atoms with Gasteiger partial charge in [0.2, 0.25) is 0 Å². The molecule has 0 saturated carbocycles. The molecule has 1 aromatic carbocycles. The summed E-state index contributed by atoms with van der Waals surface area (Å²) < 4.78 is 0. The highest BCUT2D eigenvalue weighted by atomic mass is 35.5. The number of aryl methyl sites for hydroxylation is 2. The minimum absolute atomic E-state index is 0. The van der Waals surface area contributed by atoms with Crippen LogP contribution in [0.15, 0.2) is 18.2 Å². The zero-order chi connectivity index (χ0) is 5.98. The Morgan fingerprint density at radius 3 is 2.22 bits per heavy atom. The summed E-state index contributed by atoms with van der Waals surface area (Å²) in [5.41, 5.74) is 2.65. The molecule has 0 aliphatic rings. The van der Waals surface area contributed by atoms with E-state index >= 15 is 0 Å². The number of benzene rings is 1. The average molecular weight is 142 g/mol. The van der Waals surface area contributed by atoms with Gasteiger partial charge in [-0.05, 0) is 31.0 Å². The molecule has 0 amide bonds. The van der Waals surface area contributed by atoms with Gasteiger partial charge >= 0.3 is 0 Å². The predicted molar refractivity (Wildman–Crippen MR) is 42.0 cm³/mol. The van der Waals surface area contributed by atoms with E-state index in [4.69, 9.17) is 0 Å². The summed E-state index contributed by atoms with van der Waals surface area (Å²) in [6.07, 6.45) is 0. The van der Waals surface area contributed by atoms with Crippen molar-refractivity contribution in [1.82, 2.24) is 0 Å². The van der Waals surface area contributed by atoms with Gasteiger partial charge in [0.15, 0.2) is 0 Å². The predicted octanol–water partition coefficient (Wildman–Crippen LogP) is 2.53. The minimum atomic E-state index is 0. The summed E-state index contributed by atoms with van der Waals surface area (Å²) in [7, 11) is 0. The molecule has 1 heteroatoms. The highest BCUT2D eigenvalue weighted by Gasteiger charge is 1.84. The minimum Gasteiger partial charge on any atom is -0.147 e. The van der Waals surface area contributed by atoms with E-state index in [0.29, 0.717) is 0 Å². The summed E-state index contributed by atoms with van der Waals surface area (Å²) in [4.78, 5) is 0. The van der Waals surface area contributed by atoms with E-state index in [-0.39, 0.29) is 12.4 Å². The van der Waals surface area contributed by atoms with E-state index < -0.39 is 0 Å². The second kappa shape index (κ2) is 3.52. The van der Waals surface area contributed by atoms with Crippen molar-refractivity contribution in [2.75, 3.05) is 0 Å². The molecule has 0 nitrogen and oxygen atoms in total. The van der Waals surface area contributed by atoms with Crippen molar-refractivity contribution in [2.45, 2.75) is 13.8 Å². The summed E-state index contributed by atoms with van der Waals surface area (Å²) in [5.74, 6) is 0. The molecular weight excluding hydrogens is 132 g/mol. The van der Waals surface area contributed by atoms with Crippen molar-refractivity contribution in [3.05, 3.63) is 35.4 Å². The van der Waals surface area contributed by atoms with Crippen LogP contribution in [0.25, 0.3) is 0 Å². The molecule has 0 unspecified atom stereocenters. The maximum Gasteiger partial charge on any atom is -0.0181 e. The van der Waals surface area contributed by atoms with Gasteiger partial charge in [0.25, 0.3) is 0 Å². The van der Waals surface area contributed by atoms with Gasteiger partial charge in [0, 0.05) is 0 Å². The molecule has 0 fully saturated rings. The van der Waals surface area contributed by atoms with Crippen LogP contribution in [0.3, 0.4) is 0 Å². The average Bonchev–Trinajstić information content (AvgIpc) is 1.77. The lowest BCUT2D eigenvalue weighted by Gasteiger charge is -1.93. The van der Waals surface area contributed by atoms with Crippen molar-refractivity contribution >= 4 is 12.4 Å². The fourth-order valence-electron chi connectivity index (χ4n) is 0.592. The standard InChI is InChI=1S/C8H9.ClH/c1-7-5-3-4-6-8(7)2;/h3,5-6H,1-2H3;1H. The molecule has 0 spiro atoms. The van der Waals surface area contributed by atoms with Crippen LogP contribution in [0.1, 0.15) is 11.1 Å². The number of hydrogen-bond acceptors (Lipinski definition) is 0. The molecule has 0 aliphatic carbocycles. The summed E-state index contributed by atoms with van der Waals surface area (Å²) in [6, 6.07) is 8.99. The van der Waals surface area contributed by atoms with Crippen molar-refractivity contribution in [3.63, 3.8) is 0 Å². The second-order valence-electron chi connectivity index (χ2n) is 2.01. The van der Waals surface area contributed by atoms with Gasteiger partial charge in [0.05, 0.1) is 0 Å². The van der Waals surface area contributed by atoms with Gasteiger partial charge in [-0.15, -0.1) is 12.4 Å². The van der Waals surface area contributed by atoms with Crippen LogP contribution in [0, 0.1) is 19.9 Å². The summed E-state index contributed by atoms with van der Waals surface area (Å²) >= 11 is 0. The van der Waals surface area contributed by atoms with E-state index in [2.05, 4.69) is 26.0 Å². The first kappa shape index (κ1) is 8.51. The monoisotopic (exact) mass is 141 g/mol. The third-order valence-electron chi connectivity index (χ3n) is 1.35. The Balaban J connectivity index is 0.000000640. The molecule has 9 heavy (non-hydrogen) atoms. The molecule has 0 bridgehead atoms. The Kier molecular flexibility index (Phi) is 3.33. The second-order valence-corrected chi connectivity index (χ2v) is 2.01. The van der Waals surface area contributed by atoms with E-state index in [0.717, 1.165) is 0 Å². The Morgan fingerprint density at radius 2 is 1.89 bits per heavy atom. The number of hydrogen-bond donors (Lipinski definition) is 0. The highest BCUT2D eigenvalue weighted by Crippen LogP contribution is 2.02. The Labute approximate surface area is 62.3 Å². The smallest absolute Gasteiger partial charge is 0.0181 e. The normalized spacial score (nSPS) is 8.22. The first-order valence-corrected chi connectivity index (χ1v) is 2.74. The van der Waals surface area contributed by atoms with Gasteiger partial charge in [-0.2, -0.15) is 0 Å². The number of halogens is 1. The van der Waals surface area contributed by atoms with Crippen LogP contribution in [-0.2, 0) is 0 Å². The third kappa shape index (κ3) is 2.06. The molecule has 49 valence electrons. The molecule has 1 rings (SSSR count). The molecule has 1 radical (unpaired) electrons. The van der Waals surface area contributed by atoms with Gasteiger partial charge < -0.3 is 0 Å². The topological polar surface area (TPSA) is 0 Å². The third-order valence-corrected chi connectivity index (χ3v) is 1.35. The van der Waals surface area contributed by atoms with Crippen molar-refractivity contribution in [3.8, 4) is 0 Å².